The van der Waals surface area contributed by atoms with Crippen LogP contribution in [0.1, 0.15) is 16.7 Å². The van der Waals surface area contributed by atoms with Crippen molar-refractivity contribution in [2.75, 3.05) is 7.05 Å². The highest BCUT2D eigenvalue weighted by Crippen LogP contribution is 2.29. The molecule has 7 heteroatoms. The van der Waals surface area contributed by atoms with Gasteiger partial charge in [0.15, 0.2) is 0 Å². The zero-order valence-corrected chi connectivity index (χ0v) is 12.7. The van der Waals surface area contributed by atoms with E-state index < -0.39 is 29.3 Å². The van der Waals surface area contributed by atoms with Crippen LogP contribution < -0.4 is 0 Å². The summed E-state index contributed by atoms with van der Waals surface area (Å²) in [5, 5.41) is 0. The van der Waals surface area contributed by atoms with Crippen LogP contribution >= 0.6 is 0 Å². The quantitative estimate of drug-likeness (QED) is 0.763. The van der Waals surface area contributed by atoms with E-state index >= 15 is 0 Å². The van der Waals surface area contributed by atoms with Gasteiger partial charge in [-0.2, -0.15) is 13.2 Å². The number of alkyl halides is 3. The van der Waals surface area contributed by atoms with Crippen LogP contribution in [0.4, 0.5) is 22.0 Å². The minimum absolute atomic E-state index is 0.107. The van der Waals surface area contributed by atoms with Crippen LogP contribution in [0.15, 0.2) is 42.5 Å². The first kappa shape index (κ1) is 17.9. The first-order chi connectivity index (χ1) is 11.2. The van der Waals surface area contributed by atoms with E-state index in [1.165, 1.54) is 30.1 Å². The lowest BCUT2D eigenvalue weighted by Gasteiger charge is -2.18. The van der Waals surface area contributed by atoms with Crippen molar-refractivity contribution in [3.05, 3.63) is 70.8 Å². The lowest BCUT2D eigenvalue weighted by atomic mass is 10.1. The van der Waals surface area contributed by atoms with Crippen LogP contribution in [0.25, 0.3) is 0 Å². The zero-order chi connectivity index (χ0) is 17.9. The highest BCUT2D eigenvalue weighted by molar-refractivity contribution is 5.78. The Balaban J connectivity index is 2.06. The summed E-state index contributed by atoms with van der Waals surface area (Å²) in [4.78, 5) is 13.3. The number of hydrogen-bond acceptors (Lipinski definition) is 1. The number of benzene rings is 2. The number of hydrogen-bond donors (Lipinski definition) is 0. The molecule has 0 bridgehead atoms. The molecule has 2 aromatic rings. The Labute approximate surface area is 135 Å². The van der Waals surface area contributed by atoms with Gasteiger partial charge in [0, 0.05) is 25.2 Å². The minimum Gasteiger partial charge on any atom is -0.341 e. The zero-order valence-electron chi connectivity index (χ0n) is 12.7. The minimum atomic E-state index is -4.48. The Bertz CT molecular complexity index is 742. The van der Waals surface area contributed by atoms with E-state index in [0.29, 0.717) is 6.07 Å². The number of amides is 1. The highest BCUT2D eigenvalue weighted by atomic mass is 19.4. The van der Waals surface area contributed by atoms with Crippen LogP contribution in [0.3, 0.4) is 0 Å². The predicted molar refractivity (Wildman–Crippen MR) is 78.0 cm³/mol. The summed E-state index contributed by atoms with van der Waals surface area (Å²) in [6, 6.07) is 7.48. The van der Waals surface area contributed by atoms with Crippen molar-refractivity contribution in [1.29, 1.82) is 0 Å². The van der Waals surface area contributed by atoms with Crippen LogP contribution in [-0.2, 0) is 23.9 Å². The lowest BCUT2D eigenvalue weighted by molar-refractivity contribution is -0.138. The predicted octanol–water partition coefficient (Wildman–Crippen LogP) is 4.18. The van der Waals surface area contributed by atoms with Crippen molar-refractivity contribution in [3.8, 4) is 0 Å². The number of halogens is 5. The molecule has 0 saturated heterocycles. The molecule has 0 aliphatic carbocycles. The molecule has 2 rings (SSSR count). The third-order valence-electron chi connectivity index (χ3n) is 3.46. The maximum atomic E-state index is 13.6. The van der Waals surface area contributed by atoms with E-state index in [9.17, 15) is 26.7 Å². The van der Waals surface area contributed by atoms with Crippen molar-refractivity contribution in [2.45, 2.75) is 19.1 Å². The van der Waals surface area contributed by atoms with E-state index in [2.05, 4.69) is 0 Å². The lowest BCUT2D eigenvalue weighted by Crippen LogP contribution is -2.28. The first-order valence-electron chi connectivity index (χ1n) is 7.01. The van der Waals surface area contributed by atoms with Gasteiger partial charge in [0.05, 0.1) is 12.0 Å². The van der Waals surface area contributed by atoms with Crippen molar-refractivity contribution in [3.63, 3.8) is 0 Å². The fourth-order valence-electron chi connectivity index (χ4n) is 2.16. The topological polar surface area (TPSA) is 20.3 Å². The van der Waals surface area contributed by atoms with Crippen LogP contribution in [0.5, 0.6) is 0 Å². The van der Waals surface area contributed by atoms with Gasteiger partial charge in [-0.05, 0) is 17.7 Å². The molecule has 0 aliphatic rings. The largest absolute Gasteiger partial charge is 0.416 e. The number of carbonyl (C=O) groups is 1. The molecular weight excluding hydrogens is 329 g/mol. The Kier molecular flexibility index (Phi) is 5.21. The number of carbonyl (C=O) groups excluding carboxylic acids is 1. The third kappa shape index (κ3) is 4.53. The molecule has 2 nitrogen and oxygen atoms in total. The molecule has 2 aromatic carbocycles. The molecule has 0 spiro atoms. The van der Waals surface area contributed by atoms with Crippen molar-refractivity contribution >= 4 is 5.91 Å². The molecule has 0 aliphatic heterocycles. The summed E-state index contributed by atoms with van der Waals surface area (Å²) < 4.78 is 64.4. The van der Waals surface area contributed by atoms with E-state index in [0.717, 1.165) is 18.2 Å². The average Bonchev–Trinajstić information content (AvgIpc) is 2.49. The molecule has 0 aromatic heterocycles. The summed E-state index contributed by atoms with van der Waals surface area (Å²) in [5.41, 5.74) is -0.502. The van der Waals surface area contributed by atoms with Crippen LogP contribution in [0.2, 0.25) is 0 Å². The molecule has 0 saturated carbocycles. The van der Waals surface area contributed by atoms with Crippen LogP contribution in [-0.4, -0.2) is 17.9 Å². The van der Waals surface area contributed by atoms with E-state index in [4.69, 9.17) is 0 Å². The highest BCUT2D eigenvalue weighted by Gasteiger charge is 2.30. The molecule has 0 N–H and O–H groups in total. The average molecular weight is 343 g/mol. The molecule has 1 amide bonds. The summed E-state index contributed by atoms with van der Waals surface area (Å²) in [5.74, 6) is -1.99. The van der Waals surface area contributed by atoms with Crippen molar-refractivity contribution in [2.24, 2.45) is 0 Å². The van der Waals surface area contributed by atoms with Gasteiger partial charge in [-0.1, -0.05) is 24.3 Å². The smallest absolute Gasteiger partial charge is 0.341 e. The van der Waals surface area contributed by atoms with E-state index in [1.54, 1.807) is 0 Å². The van der Waals surface area contributed by atoms with E-state index in [-0.39, 0.29) is 24.1 Å². The van der Waals surface area contributed by atoms with E-state index in [1.807, 2.05) is 0 Å². The molecule has 0 heterocycles. The Hall–Kier alpha value is -2.44. The van der Waals surface area contributed by atoms with Gasteiger partial charge in [-0.25, -0.2) is 8.78 Å². The van der Waals surface area contributed by atoms with Gasteiger partial charge in [0.2, 0.25) is 5.91 Å². The number of rotatable bonds is 4. The molecular formula is C17H14F5NO. The fraction of sp³-hybridized carbons (Fsp3) is 0.235. The van der Waals surface area contributed by atoms with Gasteiger partial charge < -0.3 is 4.90 Å². The monoisotopic (exact) mass is 343 g/mol. The Morgan fingerprint density at radius 2 is 1.79 bits per heavy atom. The second-order valence-corrected chi connectivity index (χ2v) is 5.36. The van der Waals surface area contributed by atoms with Gasteiger partial charge in [-0.15, -0.1) is 0 Å². The van der Waals surface area contributed by atoms with Gasteiger partial charge in [-0.3, -0.25) is 4.79 Å². The second kappa shape index (κ2) is 6.98. The molecule has 24 heavy (non-hydrogen) atoms. The third-order valence-corrected chi connectivity index (χ3v) is 3.46. The van der Waals surface area contributed by atoms with Gasteiger partial charge >= 0.3 is 6.18 Å². The molecule has 0 fully saturated rings. The Morgan fingerprint density at radius 1 is 1.08 bits per heavy atom. The van der Waals surface area contributed by atoms with Gasteiger partial charge in [0.1, 0.15) is 11.6 Å². The SMILES string of the molecule is CN(Cc1ccc(F)cc1F)C(=O)Cc1cccc(C(F)(F)F)c1. The summed E-state index contributed by atoms with van der Waals surface area (Å²) in [6.45, 7) is -0.107. The summed E-state index contributed by atoms with van der Waals surface area (Å²) in [7, 11) is 1.40. The maximum absolute atomic E-state index is 13.6. The molecule has 0 unspecified atom stereocenters. The Morgan fingerprint density at radius 3 is 2.42 bits per heavy atom. The summed E-state index contributed by atoms with van der Waals surface area (Å²) in [6.07, 6.45) is -4.73. The maximum Gasteiger partial charge on any atom is 0.416 e. The molecule has 128 valence electrons. The fourth-order valence-corrected chi connectivity index (χ4v) is 2.16. The van der Waals surface area contributed by atoms with Crippen LogP contribution in [0, 0.1) is 11.6 Å². The normalized spacial score (nSPS) is 11.4. The molecule has 0 radical (unpaired) electrons. The standard InChI is InChI=1S/C17H14F5NO/c1-23(10-12-5-6-14(18)9-15(12)19)16(24)8-11-3-2-4-13(7-11)17(20,21)22/h2-7,9H,8,10H2,1H3. The van der Waals surface area contributed by atoms with Gasteiger partial charge in [0.25, 0.3) is 0 Å². The number of likely N-dealkylation sites (N-methyl/N-ethyl adjacent to an activating group) is 1. The summed E-state index contributed by atoms with van der Waals surface area (Å²) >= 11 is 0. The number of nitrogens with zero attached hydrogens (tertiary/aromatic N) is 1. The molecule has 0 atom stereocenters. The first-order valence-corrected chi connectivity index (χ1v) is 7.01. The van der Waals surface area contributed by atoms with Crippen molar-refractivity contribution in [1.82, 2.24) is 4.90 Å². The van der Waals surface area contributed by atoms with Crippen molar-refractivity contribution < 1.29 is 26.7 Å². The second-order valence-electron chi connectivity index (χ2n) is 5.36.